The Labute approximate surface area is 98.5 Å². The van der Waals surface area contributed by atoms with E-state index in [1.54, 1.807) is 0 Å². The van der Waals surface area contributed by atoms with E-state index in [4.69, 9.17) is 10.2 Å². The normalized spacial score (nSPS) is 8.82. The molecule has 0 aromatic heterocycles. The SMILES string of the molecule is C=C(C)C(=O)O.C=C(C=CC(=O)O)C(=O)OC. The van der Waals surface area contributed by atoms with Gasteiger partial charge < -0.3 is 14.9 Å². The maximum atomic E-state index is 10.6. The van der Waals surface area contributed by atoms with Gasteiger partial charge >= 0.3 is 17.9 Å². The lowest BCUT2D eigenvalue weighted by molar-refractivity contribution is -0.135. The van der Waals surface area contributed by atoms with Gasteiger partial charge in [0.25, 0.3) is 0 Å². The molecule has 0 aliphatic rings. The summed E-state index contributed by atoms with van der Waals surface area (Å²) in [4.78, 5) is 30.1. The highest BCUT2D eigenvalue weighted by atomic mass is 16.5. The maximum Gasteiger partial charge on any atom is 0.337 e. The number of esters is 1. The highest BCUT2D eigenvalue weighted by molar-refractivity contribution is 5.92. The molecule has 0 heterocycles. The number of carboxylic acids is 2. The van der Waals surface area contributed by atoms with Gasteiger partial charge in [-0.15, -0.1) is 0 Å². The van der Waals surface area contributed by atoms with Crippen LogP contribution in [0, 0.1) is 0 Å². The van der Waals surface area contributed by atoms with E-state index < -0.39 is 17.9 Å². The zero-order chi connectivity index (χ0) is 14.0. The molecule has 6 heteroatoms. The summed E-state index contributed by atoms with van der Waals surface area (Å²) in [7, 11) is 1.20. The maximum absolute atomic E-state index is 10.6. The first-order valence-electron chi connectivity index (χ1n) is 4.29. The number of carbonyl (C=O) groups excluding carboxylic acids is 1. The van der Waals surface area contributed by atoms with Gasteiger partial charge in [-0.1, -0.05) is 13.2 Å². The van der Waals surface area contributed by atoms with Gasteiger partial charge in [-0.05, 0) is 13.0 Å². The van der Waals surface area contributed by atoms with Gasteiger partial charge in [-0.2, -0.15) is 0 Å². The average molecular weight is 242 g/mol. The molecule has 0 fully saturated rings. The minimum atomic E-state index is -1.13. The second-order valence-electron chi connectivity index (χ2n) is 2.77. The van der Waals surface area contributed by atoms with Gasteiger partial charge in [-0.3, -0.25) is 0 Å². The van der Waals surface area contributed by atoms with Crippen LogP contribution >= 0.6 is 0 Å². The van der Waals surface area contributed by atoms with Crippen LogP contribution in [0.4, 0.5) is 0 Å². The van der Waals surface area contributed by atoms with Crippen molar-refractivity contribution in [3.05, 3.63) is 36.5 Å². The minimum Gasteiger partial charge on any atom is -0.478 e. The smallest absolute Gasteiger partial charge is 0.337 e. The molecule has 0 saturated heterocycles. The molecule has 0 unspecified atom stereocenters. The Bertz CT molecular complexity index is 352. The summed E-state index contributed by atoms with van der Waals surface area (Å²) in [5.74, 6) is -2.70. The number of aliphatic carboxylic acids is 2. The fourth-order valence-electron chi connectivity index (χ4n) is 0.371. The summed E-state index contributed by atoms with van der Waals surface area (Å²) in [6, 6.07) is 0. The molecule has 0 rings (SSSR count). The van der Waals surface area contributed by atoms with E-state index in [1.807, 2.05) is 0 Å². The third kappa shape index (κ3) is 11.6. The summed E-state index contributed by atoms with van der Waals surface area (Å²) in [6.45, 7) is 7.87. The minimum absolute atomic E-state index is 0.00917. The first-order valence-corrected chi connectivity index (χ1v) is 4.29. The Morgan fingerprint density at radius 3 is 1.76 bits per heavy atom. The van der Waals surface area contributed by atoms with Gasteiger partial charge in [0.15, 0.2) is 0 Å². The van der Waals surface area contributed by atoms with Crippen molar-refractivity contribution in [3.63, 3.8) is 0 Å². The number of rotatable bonds is 4. The van der Waals surface area contributed by atoms with Crippen molar-refractivity contribution < 1.29 is 29.3 Å². The monoisotopic (exact) mass is 242 g/mol. The quantitative estimate of drug-likeness (QED) is 0.433. The predicted molar refractivity (Wildman–Crippen MR) is 60.4 cm³/mol. The van der Waals surface area contributed by atoms with E-state index in [1.165, 1.54) is 14.0 Å². The Balaban J connectivity index is 0. The Morgan fingerprint density at radius 1 is 1.12 bits per heavy atom. The van der Waals surface area contributed by atoms with E-state index >= 15 is 0 Å². The van der Waals surface area contributed by atoms with Crippen LogP contribution in [0.25, 0.3) is 0 Å². The molecule has 0 aliphatic heterocycles. The third-order valence-corrected chi connectivity index (χ3v) is 1.24. The zero-order valence-electron chi connectivity index (χ0n) is 9.60. The van der Waals surface area contributed by atoms with Crippen LogP contribution in [-0.2, 0) is 19.1 Å². The Hall–Kier alpha value is -2.37. The predicted octanol–water partition coefficient (Wildman–Crippen LogP) is 1.00. The molecule has 0 bridgehead atoms. The summed E-state index contributed by atoms with van der Waals surface area (Å²) < 4.78 is 4.26. The highest BCUT2D eigenvalue weighted by Crippen LogP contribution is 1.94. The van der Waals surface area contributed by atoms with Crippen LogP contribution in [0.2, 0.25) is 0 Å². The molecular formula is C11H14O6. The first-order chi connectivity index (χ1) is 7.72. The van der Waals surface area contributed by atoms with E-state index in [2.05, 4.69) is 17.9 Å². The molecule has 0 aliphatic carbocycles. The number of hydrogen-bond donors (Lipinski definition) is 2. The van der Waals surface area contributed by atoms with Gasteiger partial charge in [0.1, 0.15) is 0 Å². The molecular weight excluding hydrogens is 228 g/mol. The van der Waals surface area contributed by atoms with Crippen molar-refractivity contribution in [3.8, 4) is 0 Å². The molecule has 17 heavy (non-hydrogen) atoms. The fraction of sp³-hybridized carbons (Fsp3) is 0.182. The Morgan fingerprint density at radius 2 is 1.53 bits per heavy atom. The van der Waals surface area contributed by atoms with Crippen LogP contribution in [0.3, 0.4) is 0 Å². The third-order valence-electron chi connectivity index (χ3n) is 1.24. The Kier molecular flexibility index (Phi) is 8.92. The second-order valence-corrected chi connectivity index (χ2v) is 2.77. The van der Waals surface area contributed by atoms with E-state index in [0.717, 1.165) is 12.2 Å². The van der Waals surface area contributed by atoms with Gasteiger partial charge in [0, 0.05) is 11.6 Å². The largest absolute Gasteiger partial charge is 0.478 e. The van der Waals surface area contributed by atoms with Crippen LogP contribution in [0.1, 0.15) is 6.92 Å². The summed E-state index contributed by atoms with van der Waals surface area (Å²) in [6.07, 6.45) is 1.90. The summed E-state index contributed by atoms with van der Waals surface area (Å²) in [5.41, 5.74) is 0.185. The van der Waals surface area contributed by atoms with E-state index in [0.29, 0.717) is 0 Å². The van der Waals surface area contributed by atoms with Gasteiger partial charge in [0.2, 0.25) is 0 Å². The molecule has 0 saturated carbocycles. The van der Waals surface area contributed by atoms with Crippen LogP contribution in [-0.4, -0.2) is 35.2 Å². The molecule has 94 valence electrons. The van der Waals surface area contributed by atoms with Gasteiger partial charge in [-0.25, -0.2) is 14.4 Å². The lowest BCUT2D eigenvalue weighted by atomic mass is 10.3. The molecule has 0 spiro atoms. The fourth-order valence-corrected chi connectivity index (χ4v) is 0.371. The lowest BCUT2D eigenvalue weighted by Gasteiger charge is -1.94. The molecule has 0 radical (unpaired) electrons. The number of carbonyl (C=O) groups is 3. The average Bonchev–Trinajstić information content (AvgIpc) is 2.25. The summed E-state index contributed by atoms with van der Waals surface area (Å²) >= 11 is 0. The zero-order valence-corrected chi connectivity index (χ0v) is 9.60. The molecule has 6 nitrogen and oxygen atoms in total. The summed E-state index contributed by atoms with van der Waals surface area (Å²) in [5, 5.41) is 16.0. The lowest BCUT2D eigenvalue weighted by Crippen LogP contribution is -2.01. The number of hydrogen-bond acceptors (Lipinski definition) is 4. The van der Waals surface area contributed by atoms with E-state index in [-0.39, 0.29) is 11.1 Å². The number of methoxy groups -OCH3 is 1. The second kappa shape index (κ2) is 8.90. The van der Waals surface area contributed by atoms with Crippen molar-refractivity contribution in [1.82, 2.24) is 0 Å². The number of ether oxygens (including phenoxy) is 1. The first kappa shape index (κ1) is 17.0. The van der Waals surface area contributed by atoms with Crippen LogP contribution in [0.5, 0.6) is 0 Å². The van der Waals surface area contributed by atoms with E-state index in [9.17, 15) is 14.4 Å². The van der Waals surface area contributed by atoms with Crippen molar-refractivity contribution in [2.45, 2.75) is 6.92 Å². The van der Waals surface area contributed by atoms with Crippen molar-refractivity contribution in [2.75, 3.05) is 7.11 Å². The van der Waals surface area contributed by atoms with Crippen LogP contribution < -0.4 is 0 Å². The highest BCUT2D eigenvalue weighted by Gasteiger charge is 2.01. The van der Waals surface area contributed by atoms with Crippen molar-refractivity contribution in [1.29, 1.82) is 0 Å². The molecule has 0 amide bonds. The van der Waals surface area contributed by atoms with Crippen molar-refractivity contribution >= 4 is 17.9 Å². The van der Waals surface area contributed by atoms with Crippen LogP contribution in [0.15, 0.2) is 36.5 Å². The molecule has 0 aromatic rings. The van der Waals surface area contributed by atoms with Crippen molar-refractivity contribution in [2.24, 2.45) is 0 Å². The molecule has 0 atom stereocenters. The molecule has 2 N–H and O–H groups in total. The standard InChI is InChI=1S/C7H8O4.C4H6O2/c1-5(7(10)11-2)3-4-6(8)9;1-3(2)4(5)6/h3-4H,1H2,2H3,(H,8,9);1H2,2H3,(H,5,6). The topological polar surface area (TPSA) is 101 Å². The van der Waals surface area contributed by atoms with Gasteiger partial charge in [0.05, 0.1) is 12.7 Å². The number of carboxylic acid groups (broad SMARTS) is 2. The molecule has 0 aromatic carbocycles.